The lowest BCUT2D eigenvalue weighted by Crippen LogP contribution is -2.34. The molecule has 0 aromatic heterocycles. The first-order valence-electron chi connectivity index (χ1n) is 3.47. The minimum Gasteiger partial charge on any atom is -0.327 e. The van der Waals surface area contributed by atoms with Crippen molar-refractivity contribution in [3.63, 3.8) is 0 Å². The zero-order chi connectivity index (χ0) is 6.85. The molecule has 2 atom stereocenters. The van der Waals surface area contributed by atoms with Crippen LogP contribution in [0.2, 0.25) is 0 Å². The van der Waals surface area contributed by atoms with Crippen LogP contribution >= 0.6 is 0 Å². The fourth-order valence-electron chi connectivity index (χ4n) is 1.22. The second kappa shape index (κ2) is 2.48. The molecule has 52 valence electrons. The average molecular weight is 127 g/mol. The molecule has 1 aliphatic rings. The topological polar surface area (TPSA) is 43.1 Å². The summed E-state index contributed by atoms with van der Waals surface area (Å²) in [5.74, 6) is 0.787. The third-order valence-corrected chi connectivity index (χ3v) is 2.04. The zero-order valence-corrected chi connectivity index (χ0v) is 5.76. The van der Waals surface area contributed by atoms with Gasteiger partial charge in [0.25, 0.3) is 0 Å². The van der Waals surface area contributed by atoms with Crippen LogP contribution in [0.3, 0.4) is 0 Å². The Hall–Kier alpha value is -0.370. The van der Waals surface area contributed by atoms with E-state index in [9.17, 15) is 4.79 Å². The molecule has 0 saturated heterocycles. The van der Waals surface area contributed by atoms with Crippen LogP contribution in [0, 0.1) is 5.92 Å². The van der Waals surface area contributed by atoms with E-state index in [2.05, 4.69) is 0 Å². The first-order valence-corrected chi connectivity index (χ1v) is 3.47. The van der Waals surface area contributed by atoms with E-state index in [0.29, 0.717) is 24.5 Å². The summed E-state index contributed by atoms with van der Waals surface area (Å²) in [6, 6.07) is 0.266. The van der Waals surface area contributed by atoms with Gasteiger partial charge in [-0.05, 0) is 12.3 Å². The van der Waals surface area contributed by atoms with E-state index in [0.717, 1.165) is 6.42 Å². The first-order chi connectivity index (χ1) is 4.20. The van der Waals surface area contributed by atoms with Crippen molar-refractivity contribution in [3.05, 3.63) is 0 Å². The SMILES string of the molecule is CC1CC(=O)CCC1N. The first kappa shape index (κ1) is 6.75. The number of carbonyl (C=O) groups excluding carboxylic acids is 1. The molecule has 1 aliphatic carbocycles. The third kappa shape index (κ3) is 1.52. The highest BCUT2D eigenvalue weighted by atomic mass is 16.1. The van der Waals surface area contributed by atoms with Crippen LogP contribution in [0.25, 0.3) is 0 Å². The van der Waals surface area contributed by atoms with Crippen LogP contribution in [-0.4, -0.2) is 11.8 Å². The minimum absolute atomic E-state index is 0.266. The van der Waals surface area contributed by atoms with Gasteiger partial charge in [0.2, 0.25) is 0 Å². The van der Waals surface area contributed by atoms with Gasteiger partial charge in [-0.3, -0.25) is 4.79 Å². The van der Waals surface area contributed by atoms with Crippen LogP contribution in [-0.2, 0) is 4.79 Å². The zero-order valence-electron chi connectivity index (χ0n) is 5.76. The molecule has 0 aromatic carbocycles. The Balaban J connectivity index is 2.44. The summed E-state index contributed by atoms with van der Waals surface area (Å²) < 4.78 is 0. The maximum absolute atomic E-state index is 10.8. The highest BCUT2D eigenvalue weighted by Crippen LogP contribution is 2.18. The Morgan fingerprint density at radius 1 is 1.67 bits per heavy atom. The maximum atomic E-state index is 10.8. The van der Waals surface area contributed by atoms with E-state index < -0.39 is 0 Å². The van der Waals surface area contributed by atoms with Crippen molar-refractivity contribution in [3.8, 4) is 0 Å². The van der Waals surface area contributed by atoms with Gasteiger partial charge in [-0.2, -0.15) is 0 Å². The number of hydrogen-bond acceptors (Lipinski definition) is 2. The van der Waals surface area contributed by atoms with Gasteiger partial charge in [-0.15, -0.1) is 0 Å². The van der Waals surface area contributed by atoms with Gasteiger partial charge in [-0.25, -0.2) is 0 Å². The minimum atomic E-state index is 0.266. The number of carbonyl (C=O) groups is 1. The molecule has 0 aliphatic heterocycles. The molecule has 1 saturated carbocycles. The summed E-state index contributed by atoms with van der Waals surface area (Å²) in [4.78, 5) is 10.8. The fourth-order valence-corrected chi connectivity index (χ4v) is 1.22. The maximum Gasteiger partial charge on any atom is 0.133 e. The van der Waals surface area contributed by atoms with Crippen molar-refractivity contribution < 1.29 is 4.79 Å². The summed E-state index contributed by atoms with van der Waals surface area (Å²) in [5, 5.41) is 0. The van der Waals surface area contributed by atoms with E-state index in [1.807, 2.05) is 6.92 Å². The van der Waals surface area contributed by atoms with E-state index in [4.69, 9.17) is 5.73 Å². The molecular formula is C7H13NO. The van der Waals surface area contributed by atoms with E-state index in [1.165, 1.54) is 0 Å². The Labute approximate surface area is 55.4 Å². The Bertz CT molecular complexity index is 122. The normalized spacial score (nSPS) is 36.9. The van der Waals surface area contributed by atoms with E-state index >= 15 is 0 Å². The van der Waals surface area contributed by atoms with Gasteiger partial charge in [0.1, 0.15) is 5.78 Å². The molecule has 9 heavy (non-hydrogen) atoms. The lowest BCUT2D eigenvalue weighted by Gasteiger charge is -2.23. The van der Waals surface area contributed by atoms with Crippen LogP contribution in [0.4, 0.5) is 0 Å². The van der Waals surface area contributed by atoms with Gasteiger partial charge >= 0.3 is 0 Å². The van der Waals surface area contributed by atoms with Gasteiger partial charge in [0.05, 0.1) is 0 Å². The summed E-state index contributed by atoms with van der Waals surface area (Å²) in [5.41, 5.74) is 5.69. The van der Waals surface area contributed by atoms with Crippen molar-refractivity contribution in [1.29, 1.82) is 0 Å². The summed E-state index contributed by atoms with van der Waals surface area (Å²) >= 11 is 0. The van der Waals surface area contributed by atoms with Crippen molar-refractivity contribution in [2.45, 2.75) is 32.2 Å². The molecule has 0 bridgehead atoms. The largest absolute Gasteiger partial charge is 0.327 e. The molecule has 0 amide bonds. The fraction of sp³-hybridized carbons (Fsp3) is 0.857. The van der Waals surface area contributed by atoms with Crippen molar-refractivity contribution in [1.82, 2.24) is 0 Å². The molecule has 2 N–H and O–H groups in total. The van der Waals surface area contributed by atoms with Crippen LogP contribution in [0.5, 0.6) is 0 Å². The molecule has 0 heterocycles. The highest BCUT2D eigenvalue weighted by molar-refractivity contribution is 5.79. The lowest BCUT2D eigenvalue weighted by atomic mass is 9.86. The molecular weight excluding hydrogens is 114 g/mol. The molecule has 0 aromatic rings. The molecule has 0 spiro atoms. The predicted molar refractivity (Wildman–Crippen MR) is 36.0 cm³/mol. The summed E-state index contributed by atoms with van der Waals surface area (Å²) in [7, 11) is 0. The van der Waals surface area contributed by atoms with Crippen LogP contribution in [0.15, 0.2) is 0 Å². The van der Waals surface area contributed by atoms with Crippen molar-refractivity contribution in [2.75, 3.05) is 0 Å². The van der Waals surface area contributed by atoms with E-state index in [1.54, 1.807) is 0 Å². The Kier molecular flexibility index (Phi) is 1.86. The standard InChI is InChI=1S/C7H13NO/c1-5-4-6(9)2-3-7(5)8/h5,7H,2-4,8H2,1H3. The average Bonchev–Trinajstić information content (AvgIpc) is 1.80. The van der Waals surface area contributed by atoms with Crippen molar-refractivity contribution in [2.24, 2.45) is 11.7 Å². The molecule has 2 nitrogen and oxygen atoms in total. The Morgan fingerprint density at radius 2 is 2.33 bits per heavy atom. The number of Topliss-reactive ketones (excluding diaryl/α,β-unsaturated/α-hetero) is 1. The number of hydrogen-bond donors (Lipinski definition) is 1. The predicted octanol–water partition coefficient (Wildman–Crippen LogP) is 0.703. The second-order valence-electron chi connectivity index (χ2n) is 2.92. The smallest absolute Gasteiger partial charge is 0.133 e. The molecule has 2 unspecified atom stereocenters. The monoisotopic (exact) mass is 127 g/mol. The molecule has 1 fully saturated rings. The van der Waals surface area contributed by atoms with Gasteiger partial charge in [0, 0.05) is 18.9 Å². The quantitative estimate of drug-likeness (QED) is 0.520. The van der Waals surface area contributed by atoms with Crippen LogP contribution in [0.1, 0.15) is 26.2 Å². The third-order valence-electron chi connectivity index (χ3n) is 2.04. The Morgan fingerprint density at radius 3 is 2.78 bits per heavy atom. The number of nitrogens with two attached hydrogens (primary N) is 1. The van der Waals surface area contributed by atoms with Crippen molar-refractivity contribution >= 4 is 5.78 Å². The van der Waals surface area contributed by atoms with Gasteiger partial charge < -0.3 is 5.73 Å². The van der Waals surface area contributed by atoms with Crippen LogP contribution < -0.4 is 5.73 Å². The number of rotatable bonds is 0. The lowest BCUT2D eigenvalue weighted by molar-refractivity contribution is -0.121. The molecule has 1 rings (SSSR count). The van der Waals surface area contributed by atoms with E-state index in [-0.39, 0.29) is 6.04 Å². The number of ketones is 1. The summed E-state index contributed by atoms with van der Waals surface area (Å²) in [6.45, 7) is 2.04. The van der Waals surface area contributed by atoms with Gasteiger partial charge in [-0.1, -0.05) is 6.92 Å². The van der Waals surface area contributed by atoms with Gasteiger partial charge in [0.15, 0.2) is 0 Å². The summed E-state index contributed by atoms with van der Waals surface area (Å²) in [6.07, 6.45) is 2.28. The molecule has 0 radical (unpaired) electrons. The molecule has 2 heteroatoms. The highest BCUT2D eigenvalue weighted by Gasteiger charge is 2.22. The second-order valence-corrected chi connectivity index (χ2v) is 2.92.